The Balaban J connectivity index is 2.18. The van der Waals surface area contributed by atoms with Gasteiger partial charge in [-0.25, -0.2) is 0 Å². The minimum atomic E-state index is 0.464. The predicted molar refractivity (Wildman–Crippen MR) is 65.8 cm³/mol. The number of hydrogen-bond donors (Lipinski definition) is 0. The molecule has 1 rings (SSSR count). The first-order valence-electron chi connectivity index (χ1n) is 6.36. The molecule has 3 nitrogen and oxygen atoms in total. The van der Waals surface area contributed by atoms with Crippen LogP contribution in [0.5, 0.6) is 0 Å². The molecule has 1 unspecified atom stereocenters. The molecule has 88 valence electrons. The highest BCUT2D eigenvalue weighted by Gasteiger charge is 2.21. The highest BCUT2D eigenvalue weighted by molar-refractivity contribution is 5.56. The van der Waals surface area contributed by atoms with E-state index in [1.807, 2.05) is 6.34 Å². The van der Waals surface area contributed by atoms with Crippen LogP contribution in [0.4, 0.5) is 0 Å². The van der Waals surface area contributed by atoms with Gasteiger partial charge in [0.1, 0.15) is 12.5 Å². The standard InChI is InChI=1S/C12H25N3/c1-4-6-7-8-10-15-12(3)14(9-5-2)11-13-15/h11-12H,4-10H2,1-3H3. The normalized spacial score (nSPS) is 20.3. The molecule has 15 heavy (non-hydrogen) atoms. The molecule has 0 aromatic heterocycles. The average molecular weight is 211 g/mol. The van der Waals surface area contributed by atoms with Gasteiger partial charge in [-0.15, -0.1) is 0 Å². The fourth-order valence-corrected chi connectivity index (χ4v) is 1.94. The van der Waals surface area contributed by atoms with Gasteiger partial charge in [0, 0.05) is 13.1 Å². The van der Waals surface area contributed by atoms with Crippen LogP contribution in [0.3, 0.4) is 0 Å². The Kier molecular flexibility index (Phi) is 5.51. The molecule has 0 aliphatic carbocycles. The maximum Gasteiger partial charge on any atom is 0.116 e. The molecule has 0 aromatic rings. The van der Waals surface area contributed by atoms with E-state index in [2.05, 4.69) is 35.8 Å². The molecule has 1 atom stereocenters. The quantitative estimate of drug-likeness (QED) is 0.603. The van der Waals surface area contributed by atoms with Gasteiger partial charge in [0.15, 0.2) is 0 Å². The zero-order chi connectivity index (χ0) is 11.1. The molecular weight excluding hydrogens is 186 g/mol. The van der Waals surface area contributed by atoms with E-state index in [0.717, 1.165) is 13.1 Å². The number of hydrogen-bond acceptors (Lipinski definition) is 3. The van der Waals surface area contributed by atoms with Crippen LogP contribution in [0.25, 0.3) is 0 Å². The van der Waals surface area contributed by atoms with Crippen LogP contribution in [0.2, 0.25) is 0 Å². The van der Waals surface area contributed by atoms with Gasteiger partial charge in [0.25, 0.3) is 0 Å². The van der Waals surface area contributed by atoms with Crippen LogP contribution < -0.4 is 0 Å². The van der Waals surface area contributed by atoms with Crippen molar-refractivity contribution in [3.8, 4) is 0 Å². The van der Waals surface area contributed by atoms with Crippen molar-refractivity contribution < 1.29 is 0 Å². The summed E-state index contributed by atoms with van der Waals surface area (Å²) < 4.78 is 0. The molecule has 1 aliphatic rings. The minimum Gasteiger partial charge on any atom is -0.340 e. The summed E-state index contributed by atoms with van der Waals surface area (Å²) in [5.41, 5.74) is 0. The first kappa shape index (κ1) is 12.3. The Hall–Kier alpha value is -0.730. The van der Waals surface area contributed by atoms with Gasteiger partial charge in [-0.2, -0.15) is 5.10 Å². The van der Waals surface area contributed by atoms with Crippen molar-refractivity contribution in [2.75, 3.05) is 13.1 Å². The van der Waals surface area contributed by atoms with E-state index in [0.29, 0.717) is 6.17 Å². The molecule has 0 fully saturated rings. The van der Waals surface area contributed by atoms with Crippen LogP contribution >= 0.6 is 0 Å². The summed E-state index contributed by atoms with van der Waals surface area (Å²) >= 11 is 0. The number of nitrogens with zero attached hydrogens (tertiary/aromatic N) is 3. The van der Waals surface area contributed by atoms with Crippen LogP contribution in [-0.2, 0) is 0 Å². The second-order valence-corrected chi connectivity index (χ2v) is 4.32. The Morgan fingerprint density at radius 2 is 1.87 bits per heavy atom. The summed E-state index contributed by atoms with van der Waals surface area (Å²) in [6.07, 6.45) is 8.92. The molecule has 0 aromatic carbocycles. The maximum absolute atomic E-state index is 4.45. The zero-order valence-electron chi connectivity index (χ0n) is 10.4. The Labute approximate surface area is 94.1 Å². The van der Waals surface area contributed by atoms with Gasteiger partial charge in [-0.1, -0.05) is 33.1 Å². The lowest BCUT2D eigenvalue weighted by atomic mass is 10.2. The zero-order valence-corrected chi connectivity index (χ0v) is 10.4. The third-order valence-corrected chi connectivity index (χ3v) is 2.98. The summed E-state index contributed by atoms with van der Waals surface area (Å²) in [7, 11) is 0. The topological polar surface area (TPSA) is 18.8 Å². The van der Waals surface area contributed by atoms with E-state index in [4.69, 9.17) is 0 Å². The Bertz CT molecular complexity index is 191. The third-order valence-electron chi connectivity index (χ3n) is 2.98. The van der Waals surface area contributed by atoms with E-state index < -0.39 is 0 Å². The molecule has 3 heteroatoms. The summed E-state index contributed by atoms with van der Waals surface area (Å²) in [6, 6.07) is 0. The summed E-state index contributed by atoms with van der Waals surface area (Å²) in [6.45, 7) is 8.93. The average Bonchev–Trinajstić information content (AvgIpc) is 2.57. The van der Waals surface area contributed by atoms with Crippen LogP contribution in [-0.4, -0.2) is 35.5 Å². The highest BCUT2D eigenvalue weighted by atomic mass is 15.6. The van der Waals surface area contributed by atoms with Crippen molar-refractivity contribution >= 4 is 6.34 Å². The smallest absolute Gasteiger partial charge is 0.116 e. The molecule has 0 saturated heterocycles. The van der Waals surface area contributed by atoms with Crippen LogP contribution in [0.1, 0.15) is 52.9 Å². The maximum atomic E-state index is 4.45. The highest BCUT2D eigenvalue weighted by Crippen LogP contribution is 2.13. The fourth-order valence-electron chi connectivity index (χ4n) is 1.94. The molecule has 1 aliphatic heterocycles. The van der Waals surface area contributed by atoms with Gasteiger partial charge in [0.05, 0.1) is 0 Å². The predicted octanol–water partition coefficient (Wildman–Crippen LogP) is 2.88. The Morgan fingerprint density at radius 3 is 2.53 bits per heavy atom. The molecule has 0 N–H and O–H groups in total. The lowest BCUT2D eigenvalue weighted by Gasteiger charge is -2.27. The molecule has 0 spiro atoms. The van der Waals surface area contributed by atoms with Crippen molar-refractivity contribution in [2.45, 2.75) is 59.0 Å². The molecule has 0 amide bonds. The molecule has 1 heterocycles. The van der Waals surface area contributed by atoms with Gasteiger partial charge < -0.3 is 4.90 Å². The SMILES string of the molecule is CCCCCCN1N=CN(CCC)C1C. The second-order valence-electron chi connectivity index (χ2n) is 4.32. The lowest BCUT2D eigenvalue weighted by Crippen LogP contribution is -2.37. The summed E-state index contributed by atoms with van der Waals surface area (Å²) in [5.74, 6) is 0. The van der Waals surface area contributed by atoms with Crippen molar-refractivity contribution in [1.82, 2.24) is 9.91 Å². The fraction of sp³-hybridized carbons (Fsp3) is 0.917. The summed E-state index contributed by atoms with van der Waals surface area (Å²) in [4.78, 5) is 2.32. The van der Waals surface area contributed by atoms with E-state index in [9.17, 15) is 0 Å². The van der Waals surface area contributed by atoms with Crippen LogP contribution in [0.15, 0.2) is 5.10 Å². The minimum absolute atomic E-state index is 0.464. The third kappa shape index (κ3) is 3.73. The number of rotatable bonds is 7. The van der Waals surface area contributed by atoms with E-state index in [1.165, 1.54) is 32.1 Å². The number of unbranched alkanes of at least 4 members (excludes halogenated alkanes) is 3. The Morgan fingerprint density at radius 1 is 1.07 bits per heavy atom. The van der Waals surface area contributed by atoms with Crippen molar-refractivity contribution in [3.63, 3.8) is 0 Å². The van der Waals surface area contributed by atoms with Gasteiger partial charge in [0.2, 0.25) is 0 Å². The lowest BCUT2D eigenvalue weighted by molar-refractivity contribution is 0.144. The van der Waals surface area contributed by atoms with E-state index in [1.54, 1.807) is 0 Å². The van der Waals surface area contributed by atoms with Crippen molar-refractivity contribution in [3.05, 3.63) is 0 Å². The monoisotopic (exact) mass is 211 g/mol. The molecule has 0 saturated carbocycles. The van der Waals surface area contributed by atoms with Crippen molar-refractivity contribution in [2.24, 2.45) is 5.10 Å². The second kappa shape index (κ2) is 6.70. The largest absolute Gasteiger partial charge is 0.340 e. The molecular formula is C12H25N3. The first-order valence-corrected chi connectivity index (χ1v) is 6.36. The molecule has 0 bridgehead atoms. The van der Waals surface area contributed by atoms with E-state index >= 15 is 0 Å². The first-order chi connectivity index (χ1) is 7.29. The van der Waals surface area contributed by atoms with Gasteiger partial charge in [-0.05, 0) is 19.8 Å². The molecule has 0 radical (unpaired) electrons. The number of hydrazone groups is 1. The van der Waals surface area contributed by atoms with Gasteiger partial charge in [-0.3, -0.25) is 5.01 Å². The van der Waals surface area contributed by atoms with Gasteiger partial charge >= 0.3 is 0 Å². The van der Waals surface area contributed by atoms with Crippen LogP contribution in [0, 0.1) is 0 Å². The van der Waals surface area contributed by atoms with E-state index in [-0.39, 0.29) is 0 Å². The summed E-state index contributed by atoms with van der Waals surface area (Å²) in [5, 5.41) is 6.66. The van der Waals surface area contributed by atoms with Crippen molar-refractivity contribution in [1.29, 1.82) is 0 Å².